The summed E-state index contributed by atoms with van der Waals surface area (Å²) >= 11 is 0. The van der Waals surface area contributed by atoms with Crippen LogP contribution in [0, 0.1) is 11.3 Å². The number of piperazine rings is 1. The van der Waals surface area contributed by atoms with Crippen molar-refractivity contribution in [2.24, 2.45) is 0 Å². The molecule has 0 bridgehead atoms. The minimum Gasteiger partial charge on any atom is -0.383 e. The van der Waals surface area contributed by atoms with E-state index in [1.54, 1.807) is 7.11 Å². The molecular formula is C14H19N3O. The van der Waals surface area contributed by atoms with Crippen LogP contribution in [0.25, 0.3) is 0 Å². The first-order valence-corrected chi connectivity index (χ1v) is 6.30. The van der Waals surface area contributed by atoms with Crippen LogP contribution in [0.3, 0.4) is 0 Å². The van der Waals surface area contributed by atoms with E-state index in [1.165, 1.54) is 5.69 Å². The highest BCUT2D eigenvalue weighted by Gasteiger charge is 2.16. The van der Waals surface area contributed by atoms with Crippen LogP contribution < -0.4 is 4.90 Å². The molecule has 1 aliphatic rings. The number of nitriles is 1. The molecule has 1 fully saturated rings. The Hall–Kier alpha value is -1.57. The highest BCUT2D eigenvalue weighted by molar-refractivity contribution is 5.50. The molecule has 0 amide bonds. The average Bonchev–Trinajstić information content (AvgIpc) is 2.46. The fraction of sp³-hybridized carbons (Fsp3) is 0.500. The van der Waals surface area contributed by atoms with Gasteiger partial charge in [0.2, 0.25) is 0 Å². The van der Waals surface area contributed by atoms with Gasteiger partial charge in [-0.1, -0.05) is 0 Å². The van der Waals surface area contributed by atoms with Gasteiger partial charge in [-0.05, 0) is 24.3 Å². The van der Waals surface area contributed by atoms with Gasteiger partial charge >= 0.3 is 0 Å². The number of rotatable bonds is 4. The van der Waals surface area contributed by atoms with Crippen LogP contribution in [-0.4, -0.2) is 51.3 Å². The zero-order valence-corrected chi connectivity index (χ0v) is 10.8. The van der Waals surface area contributed by atoms with Gasteiger partial charge in [-0.3, -0.25) is 4.90 Å². The Kier molecular flexibility index (Phi) is 4.57. The zero-order valence-electron chi connectivity index (χ0n) is 10.8. The second kappa shape index (κ2) is 6.39. The van der Waals surface area contributed by atoms with Gasteiger partial charge in [0.05, 0.1) is 18.2 Å². The van der Waals surface area contributed by atoms with Gasteiger partial charge in [0.15, 0.2) is 0 Å². The van der Waals surface area contributed by atoms with E-state index in [4.69, 9.17) is 10.00 Å². The summed E-state index contributed by atoms with van der Waals surface area (Å²) in [6.07, 6.45) is 0. The van der Waals surface area contributed by atoms with Crippen molar-refractivity contribution in [1.82, 2.24) is 4.90 Å². The van der Waals surface area contributed by atoms with Crippen molar-refractivity contribution in [1.29, 1.82) is 5.26 Å². The Labute approximate surface area is 108 Å². The van der Waals surface area contributed by atoms with Crippen molar-refractivity contribution >= 4 is 5.69 Å². The molecular weight excluding hydrogens is 226 g/mol. The summed E-state index contributed by atoms with van der Waals surface area (Å²) < 4.78 is 5.10. The fourth-order valence-electron chi connectivity index (χ4n) is 2.20. The van der Waals surface area contributed by atoms with Crippen molar-refractivity contribution in [2.45, 2.75) is 0 Å². The van der Waals surface area contributed by atoms with Gasteiger partial charge in [0.1, 0.15) is 0 Å². The first-order valence-electron chi connectivity index (χ1n) is 6.30. The Morgan fingerprint density at radius 1 is 1.17 bits per heavy atom. The predicted octanol–water partition coefficient (Wildman–Crippen LogP) is 1.33. The Morgan fingerprint density at radius 3 is 2.39 bits per heavy atom. The highest BCUT2D eigenvalue weighted by atomic mass is 16.5. The monoisotopic (exact) mass is 245 g/mol. The summed E-state index contributed by atoms with van der Waals surface area (Å²) in [6.45, 7) is 6.03. The maximum absolute atomic E-state index is 8.77. The molecule has 0 aromatic heterocycles. The van der Waals surface area contributed by atoms with Crippen molar-refractivity contribution in [3.05, 3.63) is 29.8 Å². The van der Waals surface area contributed by atoms with Crippen LogP contribution in [0.1, 0.15) is 5.56 Å². The Bertz CT molecular complexity index is 402. The first kappa shape index (κ1) is 12.9. The second-order valence-electron chi connectivity index (χ2n) is 4.48. The standard InChI is InChI=1S/C14H19N3O/c1-18-11-10-16-6-8-17(9-7-16)14-4-2-13(12-15)3-5-14/h2-5H,6-11H2,1H3. The second-order valence-corrected chi connectivity index (χ2v) is 4.48. The Balaban J connectivity index is 1.87. The number of benzene rings is 1. The van der Waals surface area contributed by atoms with Gasteiger partial charge in [-0.2, -0.15) is 5.26 Å². The summed E-state index contributed by atoms with van der Waals surface area (Å²) in [5, 5.41) is 8.77. The Morgan fingerprint density at radius 2 is 1.83 bits per heavy atom. The number of hydrogen-bond donors (Lipinski definition) is 0. The molecule has 0 atom stereocenters. The fourth-order valence-corrected chi connectivity index (χ4v) is 2.20. The minimum absolute atomic E-state index is 0.720. The largest absolute Gasteiger partial charge is 0.383 e. The predicted molar refractivity (Wildman–Crippen MR) is 71.7 cm³/mol. The van der Waals surface area contributed by atoms with Gasteiger partial charge in [-0.15, -0.1) is 0 Å². The molecule has 4 nitrogen and oxygen atoms in total. The van der Waals surface area contributed by atoms with E-state index < -0.39 is 0 Å². The van der Waals surface area contributed by atoms with E-state index in [9.17, 15) is 0 Å². The van der Waals surface area contributed by atoms with Crippen molar-refractivity contribution < 1.29 is 4.74 Å². The molecule has 0 spiro atoms. The highest BCUT2D eigenvalue weighted by Crippen LogP contribution is 2.16. The lowest BCUT2D eigenvalue weighted by Crippen LogP contribution is -2.47. The van der Waals surface area contributed by atoms with Crippen molar-refractivity contribution in [2.75, 3.05) is 51.3 Å². The van der Waals surface area contributed by atoms with Crippen LogP contribution in [0.4, 0.5) is 5.69 Å². The van der Waals surface area contributed by atoms with Crippen LogP contribution >= 0.6 is 0 Å². The molecule has 18 heavy (non-hydrogen) atoms. The lowest BCUT2D eigenvalue weighted by molar-refractivity contribution is 0.144. The smallest absolute Gasteiger partial charge is 0.0991 e. The lowest BCUT2D eigenvalue weighted by atomic mass is 10.2. The number of hydrogen-bond acceptors (Lipinski definition) is 4. The van der Waals surface area contributed by atoms with E-state index in [2.05, 4.69) is 15.9 Å². The van der Waals surface area contributed by atoms with E-state index in [0.717, 1.165) is 44.9 Å². The molecule has 0 aliphatic carbocycles. The summed E-state index contributed by atoms with van der Waals surface area (Å²) in [7, 11) is 1.74. The molecule has 2 rings (SSSR count). The lowest BCUT2D eigenvalue weighted by Gasteiger charge is -2.36. The number of anilines is 1. The normalized spacial score (nSPS) is 16.6. The summed E-state index contributed by atoms with van der Waals surface area (Å²) in [5.41, 5.74) is 1.93. The first-order chi connectivity index (χ1) is 8.83. The molecule has 0 N–H and O–H groups in total. The average molecular weight is 245 g/mol. The third-order valence-corrected chi connectivity index (χ3v) is 3.35. The summed E-state index contributed by atoms with van der Waals surface area (Å²) in [6, 6.07) is 9.97. The maximum Gasteiger partial charge on any atom is 0.0991 e. The zero-order chi connectivity index (χ0) is 12.8. The summed E-state index contributed by atoms with van der Waals surface area (Å²) in [4.78, 5) is 4.79. The van der Waals surface area contributed by atoms with Gasteiger partial charge in [0, 0.05) is 45.5 Å². The molecule has 1 aliphatic heterocycles. The van der Waals surface area contributed by atoms with E-state index >= 15 is 0 Å². The third-order valence-electron chi connectivity index (χ3n) is 3.35. The van der Waals surface area contributed by atoms with Crippen molar-refractivity contribution in [3.8, 4) is 6.07 Å². The van der Waals surface area contributed by atoms with E-state index in [1.807, 2.05) is 24.3 Å². The molecule has 4 heteroatoms. The molecule has 1 aromatic carbocycles. The topological polar surface area (TPSA) is 39.5 Å². The quantitative estimate of drug-likeness (QED) is 0.802. The number of methoxy groups -OCH3 is 1. The molecule has 1 saturated heterocycles. The van der Waals surface area contributed by atoms with Crippen molar-refractivity contribution in [3.63, 3.8) is 0 Å². The maximum atomic E-state index is 8.77. The summed E-state index contributed by atoms with van der Waals surface area (Å²) in [5.74, 6) is 0. The van der Waals surface area contributed by atoms with Crippen LogP contribution in [-0.2, 0) is 4.74 Å². The SMILES string of the molecule is COCCN1CCN(c2ccc(C#N)cc2)CC1. The molecule has 0 unspecified atom stereocenters. The van der Waals surface area contributed by atoms with Crippen LogP contribution in [0.15, 0.2) is 24.3 Å². The molecule has 96 valence electrons. The molecule has 1 heterocycles. The van der Waals surface area contributed by atoms with Crippen LogP contribution in [0.2, 0.25) is 0 Å². The van der Waals surface area contributed by atoms with Gasteiger partial charge in [0.25, 0.3) is 0 Å². The molecule has 0 saturated carbocycles. The third kappa shape index (κ3) is 3.22. The molecule has 1 aromatic rings. The van der Waals surface area contributed by atoms with E-state index in [-0.39, 0.29) is 0 Å². The van der Waals surface area contributed by atoms with Gasteiger partial charge < -0.3 is 9.64 Å². The number of nitrogens with zero attached hydrogens (tertiary/aromatic N) is 3. The van der Waals surface area contributed by atoms with Gasteiger partial charge in [-0.25, -0.2) is 0 Å². The van der Waals surface area contributed by atoms with Crippen LogP contribution in [0.5, 0.6) is 0 Å². The number of ether oxygens (including phenoxy) is 1. The van der Waals surface area contributed by atoms with E-state index in [0.29, 0.717) is 0 Å². The molecule has 0 radical (unpaired) electrons. The minimum atomic E-state index is 0.720.